The van der Waals surface area contributed by atoms with Crippen LogP contribution >= 0.6 is 27.5 Å². The molecule has 2 aromatic rings. The molecule has 96 valence electrons. The summed E-state index contributed by atoms with van der Waals surface area (Å²) in [5.74, 6) is 1.41. The van der Waals surface area contributed by atoms with Gasteiger partial charge >= 0.3 is 0 Å². The Labute approximate surface area is 118 Å². The van der Waals surface area contributed by atoms with Crippen LogP contribution in [0.2, 0.25) is 0 Å². The summed E-state index contributed by atoms with van der Waals surface area (Å²) in [6.45, 7) is 2.00. The second-order valence-corrected chi connectivity index (χ2v) is 5.08. The average Bonchev–Trinajstić information content (AvgIpc) is 2.78. The van der Waals surface area contributed by atoms with Gasteiger partial charge in [-0.15, -0.1) is 11.6 Å². The standard InChI is InChI=1S/C13H12BrClO3/c1-8(16)12-7-9-10(14)3-4-11(13(9)18-12)17-6-2-5-15/h3-4,7H,2,5-6H2,1H3. The van der Waals surface area contributed by atoms with Gasteiger partial charge in [0, 0.05) is 22.7 Å². The van der Waals surface area contributed by atoms with Crippen LogP contribution in [0.25, 0.3) is 11.0 Å². The first-order valence-electron chi connectivity index (χ1n) is 5.55. The number of alkyl halides is 1. The number of fused-ring (bicyclic) bond motifs is 1. The molecule has 5 heteroatoms. The number of rotatable bonds is 5. The van der Waals surface area contributed by atoms with Crippen molar-refractivity contribution in [3.63, 3.8) is 0 Å². The molecule has 0 saturated heterocycles. The van der Waals surface area contributed by atoms with Gasteiger partial charge in [-0.2, -0.15) is 0 Å². The second kappa shape index (κ2) is 5.76. The third-order valence-corrected chi connectivity index (χ3v) is 3.44. The number of ether oxygens (including phenoxy) is 1. The van der Waals surface area contributed by atoms with Gasteiger partial charge in [0.1, 0.15) is 0 Å². The van der Waals surface area contributed by atoms with Crippen molar-refractivity contribution >= 4 is 44.3 Å². The number of furan rings is 1. The van der Waals surface area contributed by atoms with Crippen molar-refractivity contribution in [1.82, 2.24) is 0 Å². The quantitative estimate of drug-likeness (QED) is 0.463. The van der Waals surface area contributed by atoms with Crippen molar-refractivity contribution in [3.8, 4) is 5.75 Å². The molecule has 0 radical (unpaired) electrons. The zero-order valence-corrected chi connectivity index (χ0v) is 12.2. The summed E-state index contributed by atoms with van der Waals surface area (Å²) in [7, 11) is 0. The van der Waals surface area contributed by atoms with Gasteiger partial charge in [-0.3, -0.25) is 4.79 Å². The lowest BCUT2D eigenvalue weighted by atomic mass is 10.2. The molecule has 0 aliphatic rings. The van der Waals surface area contributed by atoms with E-state index in [4.69, 9.17) is 20.8 Å². The molecular weight excluding hydrogens is 319 g/mol. The highest BCUT2D eigenvalue weighted by molar-refractivity contribution is 9.10. The van der Waals surface area contributed by atoms with E-state index in [9.17, 15) is 4.79 Å². The van der Waals surface area contributed by atoms with Crippen molar-refractivity contribution in [1.29, 1.82) is 0 Å². The fourth-order valence-corrected chi connectivity index (χ4v) is 2.13. The number of Topliss-reactive ketones (excluding diaryl/α,β-unsaturated/α-hetero) is 1. The number of halogens is 2. The Balaban J connectivity index is 2.41. The monoisotopic (exact) mass is 330 g/mol. The van der Waals surface area contributed by atoms with Gasteiger partial charge in [-0.05, 0) is 24.6 Å². The van der Waals surface area contributed by atoms with Crippen molar-refractivity contribution < 1.29 is 13.9 Å². The smallest absolute Gasteiger partial charge is 0.194 e. The van der Waals surface area contributed by atoms with Crippen LogP contribution in [0.5, 0.6) is 5.75 Å². The lowest BCUT2D eigenvalue weighted by Gasteiger charge is -2.05. The minimum absolute atomic E-state index is 0.107. The minimum atomic E-state index is -0.107. The van der Waals surface area contributed by atoms with Crippen molar-refractivity contribution in [2.45, 2.75) is 13.3 Å². The predicted octanol–water partition coefficient (Wildman–Crippen LogP) is 4.41. The molecule has 0 spiro atoms. The van der Waals surface area contributed by atoms with Crippen LogP contribution in [0, 0.1) is 0 Å². The molecule has 0 amide bonds. The van der Waals surface area contributed by atoms with Crippen molar-refractivity contribution in [3.05, 3.63) is 28.4 Å². The van der Waals surface area contributed by atoms with E-state index < -0.39 is 0 Å². The number of carbonyl (C=O) groups is 1. The average molecular weight is 332 g/mol. The van der Waals surface area contributed by atoms with Crippen LogP contribution in [0.4, 0.5) is 0 Å². The molecule has 0 saturated carbocycles. The lowest BCUT2D eigenvalue weighted by Crippen LogP contribution is -1.97. The van der Waals surface area contributed by atoms with E-state index in [0.29, 0.717) is 29.6 Å². The summed E-state index contributed by atoms with van der Waals surface area (Å²) in [4.78, 5) is 11.3. The maximum Gasteiger partial charge on any atom is 0.194 e. The molecule has 18 heavy (non-hydrogen) atoms. The first kappa shape index (κ1) is 13.4. The summed E-state index contributed by atoms with van der Waals surface area (Å²) in [5, 5.41) is 0.837. The van der Waals surface area contributed by atoms with E-state index in [-0.39, 0.29) is 5.78 Å². The molecule has 0 N–H and O–H groups in total. The molecule has 1 aromatic carbocycles. The molecule has 0 atom stereocenters. The number of carbonyl (C=O) groups excluding carboxylic acids is 1. The van der Waals surface area contributed by atoms with Crippen LogP contribution in [0.3, 0.4) is 0 Å². The summed E-state index contributed by atoms with van der Waals surface area (Å²) < 4.78 is 12.0. The van der Waals surface area contributed by atoms with Gasteiger partial charge in [0.25, 0.3) is 0 Å². The second-order valence-electron chi connectivity index (χ2n) is 3.85. The van der Waals surface area contributed by atoms with E-state index in [1.807, 2.05) is 12.1 Å². The topological polar surface area (TPSA) is 39.4 Å². The first-order chi connectivity index (χ1) is 8.63. The Hall–Kier alpha value is -1.00. The predicted molar refractivity (Wildman–Crippen MR) is 74.8 cm³/mol. The summed E-state index contributed by atoms with van der Waals surface area (Å²) in [6, 6.07) is 5.40. The summed E-state index contributed by atoms with van der Waals surface area (Å²) in [5.41, 5.74) is 0.587. The number of hydrogen-bond acceptors (Lipinski definition) is 3. The Kier molecular flexibility index (Phi) is 4.30. The molecule has 1 heterocycles. The largest absolute Gasteiger partial charge is 0.490 e. The highest BCUT2D eigenvalue weighted by atomic mass is 79.9. The Morgan fingerprint density at radius 2 is 2.28 bits per heavy atom. The van der Waals surface area contributed by atoms with Crippen molar-refractivity contribution in [2.75, 3.05) is 12.5 Å². The molecule has 0 fully saturated rings. The van der Waals surface area contributed by atoms with E-state index in [1.165, 1.54) is 6.92 Å². The van der Waals surface area contributed by atoms with Gasteiger partial charge in [0.15, 0.2) is 22.9 Å². The lowest BCUT2D eigenvalue weighted by molar-refractivity contribution is 0.0989. The maximum absolute atomic E-state index is 11.3. The number of ketones is 1. The van der Waals surface area contributed by atoms with Gasteiger partial charge in [-0.1, -0.05) is 15.9 Å². The number of hydrogen-bond donors (Lipinski definition) is 0. The molecule has 0 aliphatic heterocycles. The van der Waals surface area contributed by atoms with Gasteiger partial charge in [0.2, 0.25) is 0 Å². The third kappa shape index (κ3) is 2.70. The van der Waals surface area contributed by atoms with E-state index >= 15 is 0 Å². The Morgan fingerprint density at radius 1 is 1.50 bits per heavy atom. The van der Waals surface area contributed by atoms with Crippen LogP contribution in [0.1, 0.15) is 23.9 Å². The minimum Gasteiger partial charge on any atom is -0.490 e. The fourth-order valence-electron chi connectivity index (χ4n) is 1.59. The summed E-state index contributed by atoms with van der Waals surface area (Å²) in [6.07, 6.45) is 0.763. The summed E-state index contributed by atoms with van der Waals surface area (Å²) >= 11 is 9.03. The first-order valence-corrected chi connectivity index (χ1v) is 6.88. The zero-order chi connectivity index (χ0) is 13.1. The fraction of sp³-hybridized carbons (Fsp3) is 0.308. The van der Waals surface area contributed by atoms with Crippen LogP contribution in [0.15, 0.2) is 27.1 Å². The van der Waals surface area contributed by atoms with E-state index in [2.05, 4.69) is 15.9 Å². The highest BCUT2D eigenvalue weighted by Gasteiger charge is 2.14. The molecule has 3 nitrogen and oxygen atoms in total. The van der Waals surface area contributed by atoms with E-state index in [0.717, 1.165) is 16.3 Å². The normalized spacial score (nSPS) is 10.8. The number of benzene rings is 1. The molecular formula is C13H12BrClO3. The zero-order valence-electron chi connectivity index (χ0n) is 9.83. The van der Waals surface area contributed by atoms with Crippen LogP contribution in [-0.2, 0) is 0 Å². The van der Waals surface area contributed by atoms with Crippen LogP contribution < -0.4 is 4.74 Å². The van der Waals surface area contributed by atoms with Gasteiger partial charge in [-0.25, -0.2) is 0 Å². The van der Waals surface area contributed by atoms with Gasteiger partial charge < -0.3 is 9.15 Å². The molecule has 0 unspecified atom stereocenters. The molecule has 0 aliphatic carbocycles. The maximum atomic E-state index is 11.3. The molecule has 1 aromatic heterocycles. The Bertz CT molecular complexity index is 577. The van der Waals surface area contributed by atoms with Gasteiger partial charge in [0.05, 0.1) is 6.61 Å². The SMILES string of the molecule is CC(=O)c1cc2c(Br)ccc(OCCCCl)c2o1. The third-order valence-electron chi connectivity index (χ3n) is 2.48. The van der Waals surface area contributed by atoms with Crippen molar-refractivity contribution in [2.24, 2.45) is 0 Å². The highest BCUT2D eigenvalue weighted by Crippen LogP contribution is 2.34. The molecule has 0 bridgehead atoms. The Morgan fingerprint density at radius 3 is 2.94 bits per heavy atom. The van der Waals surface area contributed by atoms with E-state index in [1.54, 1.807) is 6.07 Å². The van der Waals surface area contributed by atoms with Crippen LogP contribution in [-0.4, -0.2) is 18.3 Å². The molecule has 2 rings (SSSR count).